The molecular formula is C22H30N4O. The summed E-state index contributed by atoms with van der Waals surface area (Å²) >= 11 is 0. The number of fused-ring (bicyclic) bond motifs is 1. The van der Waals surface area contributed by atoms with Crippen LogP contribution in [0.2, 0.25) is 0 Å². The standard InChI is InChI=1S/C22H30N4O/c1-18(24-11-7-2-3-8-12-24)22(27)25-13-14-26-21(17-25)16-20(23-26)15-19-9-5-4-6-10-19/h4-6,9-10,16,18H,2-3,7-8,11-15,17H2,1H3/t18-/m0/s1. The molecule has 2 aromatic rings. The molecule has 0 N–H and O–H groups in total. The second-order valence-electron chi connectivity index (χ2n) is 7.90. The van der Waals surface area contributed by atoms with Crippen molar-refractivity contribution < 1.29 is 4.79 Å². The van der Waals surface area contributed by atoms with Gasteiger partial charge in [0.25, 0.3) is 0 Å². The maximum absolute atomic E-state index is 13.1. The Morgan fingerprint density at radius 2 is 1.78 bits per heavy atom. The number of carbonyl (C=O) groups excluding carboxylic acids is 1. The Morgan fingerprint density at radius 1 is 1.04 bits per heavy atom. The maximum atomic E-state index is 13.1. The molecule has 5 heteroatoms. The number of nitrogens with zero attached hydrogens (tertiary/aromatic N) is 4. The third-order valence-corrected chi connectivity index (χ3v) is 5.93. The minimum Gasteiger partial charge on any atom is -0.334 e. The first kappa shape index (κ1) is 18.2. The van der Waals surface area contributed by atoms with Gasteiger partial charge in [-0.1, -0.05) is 43.2 Å². The van der Waals surface area contributed by atoms with E-state index in [1.54, 1.807) is 0 Å². The highest BCUT2D eigenvalue weighted by molar-refractivity contribution is 5.81. The lowest BCUT2D eigenvalue weighted by atomic mass is 10.1. The van der Waals surface area contributed by atoms with Crippen LogP contribution in [0.15, 0.2) is 36.4 Å². The van der Waals surface area contributed by atoms with Crippen molar-refractivity contribution in [3.63, 3.8) is 0 Å². The van der Waals surface area contributed by atoms with Crippen LogP contribution in [0.1, 0.15) is 49.6 Å². The van der Waals surface area contributed by atoms with Crippen molar-refractivity contribution in [3.05, 3.63) is 53.3 Å². The molecule has 0 saturated carbocycles. The van der Waals surface area contributed by atoms with Crippen LogP contribution in [0.5, 0.6) is 0 Å². The molecule has 1 aromatic heterocycles. The quantitative estimate of drug-likeness (QED) is 0.835. The summed E-state index contributed by atoms with van der Waals surface area (Å²) in [5.74, 6) is 0.272. The topological polar surface area (TPSA) is 41.4 Å². The van der Waals surface area contributed by atoms with Crippen LogP contribution in [0.25, 0.3) is 0 Å². The predicted octanol–water partition coefficient (Wildman–Crippen LogP) is 3.08. The van der Waals surface area contributed by atoms with Crippen LogP contribution in [0.3, 0.4) is 0 Å². The first-order valence-corrected chi connectivity index (χ1v) is 10.3. The molecule has 1 amide bonds. The van der Waals surface area contributed by atoms with Crippen LogP contribution in [-0.2, 0) is 24.3 Å². The molecule has 1 fully saturated rings. The van der Waals surface area contributed by atoms with Gasteiger partial charge < -0.3 is 4.90 Å². The fourth-order valence-corrected chi connectivity index (χ4v) is 4.31. The highest BCUT2D eigenvalue weighted by atomic mass is 16.2. The van der Waals surface area contributed by atoms with Crippen molar-refractivity contribution >= 4 is 5.91 Å². The van der Waals surface area contributed by atoms with Crippen molar-refractivity contribution in [2.45, 2.75) is 58.2 Å². The van der Waals surface area contributed by atoms with E-state index in [0.29, 0.717) is 6.54 Å². The Kier molecular flexibility index (Phi) is 5.58. The van der Waals surface area contributed by atoms with Crippen molar-refractivity contribution in [3.8, 4) is 0 Å². The van der Waals surface area contributed by atoms with Crippen molar-refractivity contribution in [2.24, 2.45) is 0 Å². The molecule has 144 valence electrons. The first-order valence-electron chi connectivity index (χ1n) is 10.3. The third-order valence-electron chi connectivity index (χ3n) is 5.93. The highest BCUT2D eigenvalue weighted by Crippen LogP contribution is 2.19. The summed E-state index contributed by atoms with van der Waals surface area (Å²) in [7, 11) is 0. The van der Waals surface area contributed by atoms with Crippen molar-refractivity contribution in [1.82, 2.24) is 19.6 Å². The van der Waals surface area contributed by atoms with Gasteiger partial charge in [0, 0.05) is 13.0 Å². The van der Waals surface area contributed by atoms with Gasteiger partial charge in [-0.15, -0.1) is 0 Å². The van der Waals surface area contributed by atoms with Gasteiger partial charge in [0.05, 0.1) is 30.5 Å². The van der Waals surface area contributed by atoms with E-state index in [4.69, 9.17) is 5.10 Å². The van der Waals surface area contributed by atoms with E-state index in [9.17, 15) is 4.79 Å². The molecule has 1 atom stereocenters. The molecule has 2 aliphatic rings. The summed E-state index contributed by atoms with van der Waals surface area (Å²) < 4.78 is 2.08. The summed E-state index contributed by atoms with van der Waals surface area (Å²) in [6.45, 7) is 6.43. The minimum absolute atomic E-state index is 0.0126. The lowest BCUT2D eigenvalue weighted by molar-refractivity contribution is -0.138. The second-order valence-corrected chi connectivity index (χ2v) is 7.90. The number of hydrogen-bond donors (Lipinski definition) is 0. The average Bonchev–Trinajstić information content (AvgIpc) is 2.90. The van der Waals surface area contributed by atoms with Crippen molar-refractivity contribution in [1.29, 1.82) is 0 Å². The first-order chi connectivity index (χ1) is 13.2. The van der Waals surface area contributed by atoms with E-state index in [2.05, 4.69) is 46.8 Å². The Balaban J connectivity index is 1.41. The van der Waals surface area contributed by atoms with E-state index < -0.39 is 0 Å². The van der Waals surface area contributed by atoms with Crippen LogP contribution in [0.4, 0.5) is 0 Å². The van der Waals surface area contributed by atoms with E-state index in [0.717, 1.165) is 44.0 Å². The number of benzene rings is 1. The fourth-order valence-electron chi connectivity index (χ4n) is 4.31. The van der Waals surface area contributed by atoms with E-state index in [1.807, 2.05) is 11.0 Å². The Bertz CT molecular complexity index is 762. The third kappa shape index (κ3) is 4.24. The largest absolute Gasteiger partial charge is 0.334 e. The van der Waals surface area contributed by atoms with Gasteiger partial charge in [0.15, 0.2) is 0 Å². The fraction of sp³-hybridized carbons (Fsp3) is 0.545. The van der Waals surface area contributed by atoms with Gasteiger partial charge in [0.2, 0.25) is 5.91 Å². The number of hydrogen-bond acceptors (Lipinski definition) is 3. The summed E-state index contributed by atoms with van der Waals surface area (Å²) in [5.41, 5.74) is 3.52. The van der Waals surface area contributed by atoms with Gasteiger partial charge in [-0.2, -0.15) is 5.10 Å². The molecule has 5 nitrogen and oxygen atoms in total. The molecular weight excluding hydrogens is 336 g/mol. The zero-order valence-electron chi connectivity index (χ0n) is 16.3. The molecule has 0 bridgehead atoms. The smallest absolute Gasteiger partial charge is 0.240 e. The van der Waals surface area contributed by atoms with Gasteiger partial charge in [0.1, 0.15) is 0 Å². The highest BCUT2D eigenvalue weighted by Gasteiger charge is 2.29. The second kappa shape index (κ2) is 8.26. The van der Waals surface area contributed by atoms with Gasteiger partial charge >= 0.3 is 0 Å². The zero-order valence-corrected chi connectivity index (χ0v) is 16.3. The Morgan fingerprint density at radius 3 is 2.52 bits per heavy atom. The molecule has 0 spiro atoms. The number of rotatable bonds is 4. The Hall–Kier alpha value is -2.14. The molecule has 0 aliphatic carbocycles. The number of carbonyl (C=O) groups is 1. The molecule has 27 heavy (non-hydrogen) atoms. The minimum atomic E-state index is -0.0126. The molecule has 4 rings (SSSR count). The van der Waals surface area contributed by atoms with Crippen molar-refractivity contribution in [2.75, 3.05) is 19.6 Å². The van der Waals surface area contributed by atoms with E-state index in [-0.39, 0.29) is 11.9 Å². The van der Waals surface area contributed by atoms with E-state index >= 15 is 0 Å². The lowest BCUT2D eigenvalue weighted by Crippen LogP contribution is -2.49. The molecule has 3 heterocycles. The normalized spacial score (nSPS) is 19.4. The number of likely N-dealkylation sites (tertiary alicyclic amines) is 1. The Labute approximate surface area is 162 Å². The molecule has 1 aromatic carbocycles. The van der Waals surface area contributed by atoms with E-state index in [1.165, 1.54) is 31.2 Å². The van der Waals surface area contributed by atoms with Crippen LogP contribution in [0, 0.1) is 0 Å². The molecule has 0 unspecified atom stereocenters. The summed E-state index contributed by atoms with van der Waals surface area (Å²) in [4.78, 5) is 17.5. The zero-order chi connectivity index (χ0) is 18.6. The molecule has 1 saturated heterocycles. The summed E-state index contributed by atoms with van der Waals surface area (Å²) in [5, 5.41) is 4.76. The summed E-state index contributed by atoms with van der Waals surface area (Å²) in [6, 6.07) is 12.6. The van der Waals surface area contributed by atoms with Gasteiger partial charge in [-0.05, 0) is 44.5 Å². The number of aromatic nitrogens is 2. The van der Waals surface area contributed by atoms with Gasteiger partial charge in [-0.25, -0.2) is 0 Å². The van der Waals surface area contributed by atoms with Crippen LogP contribution < -0.4 is 0 Å². The van der Waals surface area contributed by atoms with Crippen LogP contribution in [-0.4, -0.2) is 51.2 Å². The predicted molar refractivity (Wildman–Crippen MR) is 106 cm³/mol. The molecule has 2 aliphatic heterocycles. The average molecular weight is 367 g/mol. The van der Waals surface area contributed by atoms with Gasteiger partial charge in [-0.3, -0.25) is 14.4 Å². The maximum Gasteiger partial charge on any atom is 0.240 e. The number of amides is 1. The van der Waals surface area contributed by atoms with Crippen LogP contribution >= 0.6 is 0 Å². The molecule has 0 radical (unpaired) electrons. The SMILES string of the molecule is C[C@@H](C(=O)N1CCn2nc(Cc3ccccc3)cc2C1)N1CCCCCC1. The monoisotopic (exact) mass is 366 g/mol. The lowest BCUT2D eigenvalue weighted by Gasteiger charge is -2.34. The summed E-state index contributed by atoms with van der Waals surface area (Å²) in [6.07, 6.45) is 5.87.